The number of allylic oxidation sites excluding steroid dienone is 5. The number of hydrogen-bond acceptors (Lipinski definition) is 4. The molecule has 29 heavy (non-hydrogen) atoms. The molecule has 2 aromatic heterocycles. The molecule has 154 valence electrons. The van der Waals surface area contributed by atoms with Crippen molar-refractivity contribution in [3.8, 4) is 11.8 Å². The van der Waals surface area contributed by atoms with Crippen LogP contribution in [-0.2, 0) is 6.42 Å². The summed E-state index contributed by atoms with van der Waals surface area (Å²) in [4.78, 5) is 8.43. The van der Waals surface area contributed by atoms with Crippen molar-refractivity contribution in [1.29, 1.82) is 0 Å². The van der Waals surface area contributed by atoms with Crippen molar-refractivity contribution in [3.63, 3.8) is 0 Å². The van der Waals surface area contributed by atoms with E-state index in [9.17, 15) is 8.78 Å². The third-order valence-corrected chi connectivity index (χ3v) is 3.72. The Bertz CT molecular complexity index is 884. The van der Waals surface area contributed by atoms with Crippen LogP contribution in [0.2, 0.25) is 0 Å². The fraction of sp³-hybridized carbons (Fsp3) is 0.304. The molecule has 0 amide bonds. The molecule has 4 nitrogen and oxygen atoms in total. The molecule has 0 N–H and O–H groups in total. The number of hydrogen-bond donors (Lipinski definition) is 0. The predicted molar refractivity (Wildman–Crippen MR) is 111 cm³/mol. The summed E-state index contributed by atoms with van der Waals surface area (Å²) < 4.78 is 35.9. The van der Waals surface area contributed by atoms with Gasteiger partial charge in [0.05, 0.1) is 6.10 Å². The van der Waals surface area contributed by atoms with Crippen molar-refractivity contribution in [2.75, 3.05) is 0 Å². The van der Waals surface area contributed by atoms with E-state index in [0.29, 0.717) is 23.4 Å². The first-order valence-corrected chi connectivity index (χ1v) is 9.31. The SMILES string of the molecule is C=C/C=C(\C=C(C)C)c1cc(Cc2ccc(OC(C)C)nc2)cnc1OC(F)F. The summed E-state index contributed by atoms with van der Waals surface area (Å²) in [5.74, 6) is 0.441. The Morgan fingerprint density at radius 2 is 1.83 bits per heavy atom. The maximum absolute atomic E-state index is 12.9. The molecule has 0 atom stereocenters. The molecule has 2 heterocycles. The number of ether oxygens (including phenoxy) is 2. The molecular formula is C23H26F2N2O2. The van der Waals surface area contributed by atoms with Gasteiger partial charge in [-0.05, 0) is 50.5 Å². The zero-order valence-corrected chi connectivity index (χ0v) is 17.2. The van der Waals surface area contributed by atoms with Crippen LogP contribution in [0.15, 0.2) is 61.0 Å². The van der Waals surface area contributed by atoms with E-state index in [1.54, 1.807) is 24.4 Å². The van der Waals surface area contributed by atoms with Gasteiger partial charge in [-0.25, -0.2) is 9.97 Å². The van der Waals surface area contributed by atoms with Crippen LogP contribution in [0.5, 0.6) is 11.8 Å². The van der Waals surface area contributed by atoms with Crippen molar-refractivity contribution in [1.82, 2.24) is 9.97 Å². The zero-order chi connectivity index (χ0) is 21.4. The van der Waals surface area contributed by atoms with Gasteiger partial charge in [0.1, 0.15) is 0 Å². The Hall–Kier alpha value is -3.02. The average Bonchev–Trinajstić information content (AvgIpc) is 2.63. The smallest absolute Gasteiger partial charge is 0.388 e. The second-order valence-corrected chi connectivity index (χ2v) is 7.00. The van der Waals surface area contributed by atoms with E-state index >= 15 is 0 Å². The summed E-state index contributed by atoms with van der Waals surface area (Å²) in [6.45, 7) is 8.47. The fourth-order valence-corrected chi connectivity index (χ4v) is 2.69. The molecule has 0 spiro atoms. The maximum Gasteiger partial charge on any atom is 0.388 e. The summed E-state index contributed by atoms with van der Waals surface area (Å²) in [5, 5.41) is 0. The van der Waals surface area contributed by atoms with Crippen LogP contribution in [0.1, 0.15) is 44.4 Å². The van der Waals surface area contributed by atoms with Gasteiger partial charge in [0.15, 0.2) is 0 Å². The second kappa shape index (κ2) is 10.5. The molecule has 2 aromatic rings. The standard InChI is InChI=1S/C23H26F2N2O2/c1-6-7-19(10-15(2)3)20-12-18(14-27-22(20)29-23(24)25)11-17-8-9-21(26-13-17)28-16(4)5/h6-10,12-14,16,23H,1,11H2,2-5H3/b19-7+. The minimum absolute atomic E-state index is 0.0487. The van der Waals surface area contributed by atoms with Gasteiger partial charge >= 0.3 is 6.61 Å². The highest BCUT2D eigenvalue weighted by Gasteiger charge is 2.15. The monoisotopic (exact) mass is 400 g/mol. The molecule has 0 fully saturated rings. The Morgan fingerprint density at radius 3 is 2.38 bits per heavy atom. The van der Waals surface area contributed by atoms with Crippen LogP contribution in [0.25, 0.3) is 5.57 Å². The topological polar surface area (TPSA) is 44.2 Å². The van der Waals surface area contributed by atoms with Gasteiger partial charge in [0.2, 0.25) is 11.8 Å². The average molecular weight is 400 g/mol. The van der Waals surface area contributed by atoms with Crippen molar-refractivity contribution >= 4 is 5.57 Å². The van der Waals surface area contributed by atoms with Crippen molar-refractivity contribution in [2.45, 2.75) is 46.8 Å². The number of halogens is 2. The molecule has 0 aliphatic rings. The predicted octanol–water partition coefficient (Wildman–Crippen LogP) is 5.99. The molecule has 0 unspecified atom stereocenters. The highest BCUT2D eigenvalue weighted by molar-refractivity contribution is 5.78. The lowest BCUT2D eigenvalue weighted by molar-refractivity contribution is -0.0530. The van der Waals surface area contributed by atoms with Crippen molar-refractivity contribution in [3.05, 3.63) is 77.7 Å². The molecule has 6 heteroatoms. The number of nitrogens with zero attached hydrogens (tertiary/aromatic N) is 2. The van der Waals surface area contributed by atoms with Gasteiger partial charge in [0.25, 0.3) is 0 Å². The Labute approximate surface area is 170 Å². The molecule has 0 saturated carbocycles. The normalized spacial score (nSPS) is 11.5. The lowest BCUT2D eigenvalue weighted by Gasteiger charge is -2.13. The maximum atomic E-state index is 12.9. The Morgan fingerprint density at radius 1 is 1.10 bits per heavy atom. The third-order valence-electron chi connectivity index (χ3n) is 3.72. The van der Waals surface area contributed by atoms with Crippen LogP contribution < -0.4 is 9.47 Å². The Kier molecular flexibility index (Phi) is 8.07. The highest BCUT2D eigenvalue weighted by atomic mass is 19.3. The Balaban J connectivity index is 2.37. The van der Waals surface area contributed by atoms with Gasteiger partial charge in [-0.15, -0.1) is 0 Å². The minimum Gasteiger partial charge on any atom is -0.475 e. The molecule has 0 aliphatic heterocycles. The molecular weight excluding hydrogens is 374 g/mol. The fourth-order valence-electron chi connectivity index (χ4n) is 2.69. The summed E-state index contributed by atoms with van der Waals surface area (Å²) in [5.41, 5.74) is 3.99. The first-order chi connectivity index (χ1) is 13.8. The van der Waals surface area contributed by atoms with E-state index in [1.807, 2.05) is 45.9 Å². The van der Waals surface area contributed by atoms with Crippen LogP contribution in [0, 0.1) is 0 Å². The molecule has 0 aromatic carbocycles. The van der Waals surface area contributed by atoms with E-state index in [4.69, 9.17) is 4.74 Å². The first-order valence-electron chi connectivity index (χ1n) is 9.31. The van der Waals surface area contributed by atoms with E-state index in [0.717, 1.165) is 16.7 Å². The van der Waals surface area contributed by atoms with Crippen LogP contribution in [0.3, 0.4) is 0 Å². The molecule has 0 saturated heterocycles. The second-order valence-electron chi connectivity index (χ2n) is 7.00. The van der Waals surface area contributed by atoms with Crippen LogP contribution in [-0.4, -0.2) is 22.7 Å². The van der Waals surface area contributed by atoms with Gasteiger partial charge in [-0.2, -0.15) is 8.78 Å². The lowest BCUT2D eigenvalue weighted by Crippen LogP contribution is -2.07. The lowest BCUT2D eigenvalue weighted by atomic mass is 10.00. The number of pyridine rings is 2. The summed E-state index contributed by atoms with van der Waals surface area (Å²) in [6, 6.07) is 5.53. The molecule has 0 bridgehead atoms. The molecule has 0 radical (unpaired) electrons. The van der Waals surface area contributed by atoms with E-state index in [-0.39, 0.29) is 12.0 Å². The third kappa shape index (κ3) is 7.14. The van der Waals surface area contributed by atoms with Gasteiger partial charge in [-0.3, -0.25) is 0 Å². The summed E-state index contributed by atoms with van der Waals surface area (Å²) in [7, 11) is 0. The van der Waals surface area contributed by atoms with E-state index in [2.05, 4.69) is 21.3 Å². The van der Waals surface area contributed by atoms with Gasteiger partial charge in [-0.1, -0.05) is 36.4 Å². The largest absolute Gasteiger partial charge is 0.475 e. The quantitative estimate of drug-likeness (QED) is 0.485. The first kappa shape index (κ1) is 22.3. The van der Waals surface area contributed by atoms with E-state index in [1.165, 1.54) is 6.20 Å². The number of rotatable bonds is 9. The summed E-state index contributed by atoms with van der Waals surface area (Å²) >= 11 is 0. The van der Waals surface area contributed by atoms with E-state index < -0.39 is 6.61 Å². The zero-order valence-electron chi connectivity index (χ0n) is 17.2. The highest BCUT2D eigenvalue weighted by Crippen LogP contribution is 2.29. The van der Waals surface area contributed by atoms with Gasteiger partial charge in [0, 0.05) is 30.4 Å². The summed E-state index contributed by atoms with van der Waals surface area (Å²) in [6.07, 6.45) is 9.08. The molecule has 2 rings (SSSR count). The van der Waals surface area contributed by atoms with Crippen LogP contribution in [0.4, 0.5) is 8.78 Å². The van der Waals surface area contributed by atoms with Crippen molar-refractivity contribution < 1.29 is 18.3 Å². The van der Waals surface area contributed by atoms with Crippen LogP contribution >= 0.6 is 0 Å². The number of alkyl halides is 2. The van der Waals surface area contributed by atoms with Crippen molar-refractivity contribution in [2.24, 2.45) is 0 Å². The van der Waals surface area contributed by atoms with Gasteiger partial charge < -0.3 is 9.47 Å². The number of aromatic nitrogens is 2. The molecule has 0 aliphatic carbocycles. The minimum atomic E-state index is -2.96.